The van der Waals surface area contributed by atoms with E-state index in [1.165, 1.54) is 12.1 Å². The lowest BCUT2D eigenvalue weighted by molar-refractivity contribution is -0.206. The van der Waals surface area contributed by atoms with Crippen LogP contribution in [0.4, 0.5) is 24.8 Å². The Morgan fingerprint density at radius 2 is 1.96 bits per heavy atom. The maximum absolute atomic E-state index is 13.2. The molecule has 2 aromatic carbocycles. The lowest BCUT2D eigenvalue weighted by Gasteiger charge is -2.31. The molecule has 2 heterocycles. The van der Waals surface area contributed by atoms with Crippen molar-refractivity contribution < 1.29 is 18.3 Å². The molecule has 28 heavy (non-hydrogen) atoms. The second-order valence-corrected chi connectivity index (χ2v) is 8.10. The Morgan fingerprint density at radius 1 is 1.21 bits per heavy atom. The highest BCUT2D eigenvalue weighted by Gasteiger charge is 2.41. The zero-order valence-electron chi connectivity index (χ0n) is 14.8. The van der Waals surface area contributed by atoms with Crippen LogP contribution in [0.15, 0.2) is 34.8 Å². The van der Waals surface area contributed by atoms with Crippen molar-refractivity contribution in [3.8, 4) is 0 Å². The number of fused-ring (bicyclic) bond motifs is 3. The number of imidazole rings is 1. The fraction of sp³-hybridized carbons (Fsp3) is 0.316. The average Bonchev–Trinajstić information content (AvgIpc) is 3.02. The number of anilines is 2. The molecule has 1 aliphatic rings. The van der Waals surface area contributed by atoms with Crippen molar-refractivity contribution in [2.45, 2.75) is 32.2 Å². The third kappa shape index (κ3) is 3.17. The number of aromatic nitrogens is 2. The van der Waals surface area contributed by atoms with Gasteiger partial charge in [0, 0.05) is 28.8 Å². The van der Waals surface area contributed by atoms with Crippen LogP contribution in [0, 0.1) is 6.92 Å². The predicted octanol–water partition coefficient (Wildman–Crippen LogP) is 5.90. The van der Waals surface area contributed by atoms with Gasteiger partial charge in [-0.15, -0.1) is 0 Å². The van der Waals surface area contributed by atoms with Gasteiger partial charge in [0.2, 0.25) is 5.95 Å². The minimum absolute atomic E-state index is 0.229. The number of nitrogens with zero attached hydrogens (tertiary/aromatic N) is 3. The van der Waals surface area contributed by atoms with Crippen LogP contribution in [-0.2, 0) is 6.54 Å². The Hall–Kier alpha value is -1.77. The van der Waals surface area contributed by atoms with Gasteiger partial charge >= 0.3 is 6.18 Å². The van der Waals surface area contributed by atoms with Crippen molar-refractivity contribution in [1.29, 1.82) is 0 Å². The van der Waals surface area contributed by atoms with Crippen LogP contribution < -0.4 is 4.90 Å². The molecule has 9 heteroatoms. The minimum Gasteiger partial charge on any atom is -0.379 e. The van der Waals surface area contributed by atoms with Crippen molar-refractivity contribution in [2.75, 3.05) is 11.4 Å². The van der Waals surface area contributed by atoms with Gasteiger partial charge in [-0.1, -0.05) is 33.6 Å². The van der Waals surface area contributed by atoms with Gasteiger partial charge in [-0.2, -0.15) is 13.2 Å². The highest BCUT2D eigenvalue weighted by Crippen LogP contribution is 2.42. The van der Waals surface area contributed by atoms with Crippen LogP contribution in [0.2, 0.25) is 5.02 Å². The molecule has 1 atom stereocenters. The first-order valence-electron chi connectivity index (χ1n) is 8.65. The van der Waals surface area contributed by atoms with Gasteiger partial charge in [-0.25, -0.2) is 4.98 Å². The average molecular weight is 475 g/mol. The summed E-state index contributed by atoms with van der Waals surface area (Å²) >= 11 is 9.69. The number of aliphatic hydroxyl groups is 1. The number of rotatable bonds is 2. The molecule has 4 nitrogen and oxygen atoms in total. The number of aliphatic hydroxyl groups excluding tert-OH is 1. The molecule has 0 saturated heterocycles. The van der Waals surface area contributed by atoms with Crippen LogP contribution in [0.3, 0.4) is 0 Å². The summed E-state index contributed by atoms with van der Waals surface area (Å²) < 4.78 is 42.3. The summed E-state index contributed by atoms with van der Waals surface area (Å²) in [6, 6.07) is 8.41. The normalized spacial score (nSPS) is 15.8. The predicted molar refractivity (Wildman–Crippen MR) is 106 cm³/mol. The molecule has 1 aromatic heterocycles. The fourth-order valence-electron chi connectivity index (χ4n) is 3.67. The number of halogens is 5. The van der Waals surface area contributed by atoms with E-state index in [0.717, 1.165) is 22.1 Å². The Kier molecular flexibility index (Phi) is 4.84. The van der Waals surface area contributed by atoms with Crippen molar-refractivity contribution in [3.05, 3.63) is 51.0 Å². The summed E-state index contributed by atoms with van der Waals surface area (Å²) in [5.41, 5.74) is 2.19. The van der Waals surface area contributed by atoms with Crippen molar-refractivity contribution >= 4 is 50.2 Å². The first kappa shape index (κ1) is 19.5. The van der Waals surface area contributed by atoms with Crippen LogP contribution in [0.5, 0.6) is 0 Å². The van der Waals surface area contributed by atoms with Gasteiger partial charge in [0.15, 0.2) is 6.10 Å². The lowest BCUT2D eigenvalue weighted by Crippen LogP contribution is -2.29. The maximum Gasteiger partial charge on any atom is 0.418 e. The third-order valence-corrected chi connectivity index (χ3v) is 5.71. The van der Waals surface area contributed by atoms with Gasteiger partial charge in [-0.3, -0.25) is 0 Å². The minimum atomic E-state index is -4.78. The number of hydrogen-bond donors (Lipinski definition) is 1. The quantitative estimate of drug-likeness (QED) is 0.503. The van der Waals surface area contributed by atoms with Crippen molar-refractivity contribution in [1.82, 2.24) is 9.55 Å². The topological polar surface area (TPSA) is 41.3 Å². The smallest absolute Gasteiger partial charge is 0.379 e. The molecule has 1 unspecified atom stereocenters. The number of hydrogen-bond acceptors (Lipinski definition) is 3. The van der Waals surface area contributed by atoms with Gasteiger partial charge in [-0.05, 0) is 43.2 Å². The van der Waals surface area contributed by atoms with E-state index in [0.29, 0.717) is 19.0 Å². The first-order valence-corrected chi connectivity index (χ1v) is 9.82. The SMILES string of the molecule is Cc1cc(Br)ccc1N1CCCn2c1nc1c(Cl)ccc(C(O)C(F)(F)F)c12. The molecular formula is C19H16BrClF3N3O. The van der Waals surface area contributed by atoms with Crippen LogP contribution >= 0.6 is 27.5 Å². The Balaban J connectivity index is 1.94. The molecule has 4 rings (SSSR count). The van der Waals surface area contributed by atoms with Crippen LogP contribution in [0.1, 0.15) is 23.7 Å². The fourth-order valence-corrected chi connectivity index (χ4v) is 4.34. The summed E-state index contributed by atoms with van der Waals surface area (Å²) in [5.74, 6) is 0.524. The molecule has 0 bridgehead atoms. The summed E-state index contributed by atoms with van der Waals surface area (Å²) in [6.45, 7) is 3.14. The Bertz CT molecular complexity index is 1070. The second-order valence-electron chi connectivity index (χ2n) is 6.78. The maximum atomic E-state index is 13.2. The molecule has 0 saturated carbocycles. The molecule has 0 aliphatic carbocycles. The van der Waals surface area contributed by atoms with E-state index in [9.17, 15) is 18.3 Å². The monoisotopic (exact) mass is 473 g/mol. The van der Waals surface area contributed by atoms with E-state index >= 15 is 0 Å². The van der Waals surface area contributed by atoms with Gasteiger partial charge in [0.25, 0.3) is 0 Å². The van der Waals surface area contributed by atoms with Gasteiger partial charge < -0.3 is 14.6 Å². The summed E-state index contributed by atoms with van der Waals surface area (Å²) in [7, 11) is 0. The molecular weight excluding hydrogens is 459 g/mol. The lowest BCUT2D eigenvalue weighted by atomic mass is 10.1. The molecule has 3 aromatic rings. The van der Waals surface area contributed by atoms with E-state index in [2.05, 4.69) is 20.9 Å². The van der Waals surface area contributed by atoms with Crippen molar-refractivity contribution in [2.24, 2.45) is 0 Å². The van der Waals surface area contributed by atoms with Gasteiger partial charge in [0.05, 0.1) is 10.5 Å². The summed E-state index contributed by atoms with van der Waals surface area (Å²) in [5, 5.41) is 10.1. The summed E-state index contributed by atoms with van der Waals surface area (Å²) in [4.78, 5) is 6.54. The zero-order chi connectivity index (χ0) is 20.2. The molecule has 0 radical (unpaired) electrons. The van der Waals surface area contributed by atoms with E-state index in [-0.39, 0.29) is 21.6 Å². The Morgan fingerprint density at radius 3 is 2.64 bits per heavy atom. The van der Waals surface area contributed by atoms with Gasteiger partial charge in [0.1, 0.15) is 5.52 Å². The number of benzene rings is 2. The molecule has 1 N–H and O–H groups in total. The molecule has 148 valence electrons. The van der Waals surface area contributed by atoms with E-state index in [4.69, 9.17) is 11.6 Å². The van der Waals surface area contributed by atoms with Crippen LogP contribution in [0.25, 0.3) is 11.0 Å². The zero-order valence-corrected chi connectivity index (χ0v) is 17.1. The van der Waals surface area contributed by atoms with E-state index in [1.807, 2.05) is 30.0 Å². The van der Waals surface area contributed by atoms with E-state index in [1.54, 1.807) is 4.57 Å². The first-order chi connectivity index (χ1) is 13.2. The third-order valence-electron chi connectivity index (χ3n) is 4.92. The van der Waals surface area contributed by atoms with Crippen molar-refractivity contribution in [3.63, 3.8) is 0 Å². The largest absolute Gasteiger partial charge is 0.418 e. The molecule has 0 fully saturated rings. The Labute approximate surface area is 172 Å². The molecule has 0 spiro atoms. The standard InChI is InChI=1S/C19H16BrClF3N3O/c1-10-9-11(20)3-6-14(10)26-7-2-8-27-16-12(17(28)19(22,23)24)4-5-13(21)15(16)25-18(26)27/h3-6,9,17,28H,2,7-8H2,1H3. The highest BCUT2D eigenvalue weighted by molar-refractivity contribution is 9.10. The molecule has 0 amide bonds. The number of alkyl halides is 3. The summed E-state index contributed by atoms with van der Waals surface area (Å²) in [6.07, 6.45) is -6.65. The molecule has 1 aliphatic heterocycles. The van der Waals surface area contributed by atoms with E-state index < -0.39 is 12.3 Å². The number of aryl methyl sites for hydroxylation is 2. The van der Waals surface area contributed by atoms with Crippen LogP contribution in [-0.4, -0.2) is 27.4 Å². The second kappa shape index (κ2) is 6.93. The highest BCUT2D eigenvalue weighted by atomic mass is 79.9.